The highest BCUT2D eigenvalue weighted by Crippen LogP contribution is 2.18. The largest absolute Gasteiger partial charge is 0.488 e. The van der Waals surface area contributed by atoms with Crippen molar-refractivity contribution in [1.29, 1.82) is 0 Å². The molecular formula is C24H29N3O4. The van der Waals surface area contributed by atoms with Gasteiger partial charge in [0.05, 0.1) is 18.9 Å². The first-order valence-electron chi connectivity index (χ1n) is 10.6. The number of piperidine rings is 1. The third-order valence-corrected chi connectivity index (χ3v) is 5.19. The van der Waals surface area contributed by atoms with E-state index in [0.717, 1.165) is 30.8 Å². The minimum atomic E-state index is -0.369. The minimum absolute atomic E-state index is 0.0917. The van der Waals surface area contributed by atoms with Gasteiger partial charge in [0.15, 0.2) is 0 Å². The van der Waals surface area contributed by atoms with E-state index in [0.29, 0.717) is 24.3 Å². The van der Waals surface area contributed by atoms with Crippen molar-refractivity contribution in [3.8, 4) is 5.75 Å². The van der Waals surface area contributed by atoms with Gasteiger partial charge in [-0.1, -0.05) is 30.7 Å². The predicted octanol–water partition coefficient (Wildman–Crippen LogP) is 3.38. The van der Waals surface area contributed by atoms with Crippen molar-refractivity contribution < 1.29 is 19.1 Å². The Hall–Kier alpha value is -3.19. The molecule has 0 unspecified atom stereocenters. The third-order valence-electron chi connectivity index (χ3n) is 5.19. The summed E-state index contributed by atoms with van der Waals surface area (Å²) in [5, 5.41) is 4.09. The van der Waals surface area contributed by atoms with Crippen LogP contribution >= 0.6 is 0 Å². The topological polar surface area (TPSA) is 80.2 Å². The van der Waals surface area contributed by atoms with Gasteiger partial charge in [-0.15, -0.1) is 0 Å². The highest BCUT2D eigenvalue weighted by molar-refractivity contribution is 5.89. The summed E-state index contributed by atoms with van der Waals surface area (Å²) in [7, 11) is 1.36. The van der Waals surface area contributed by atoms with Crippen molar-refractivity contribution in [2.24, 2.45) is 5.10 Å². The molecule has 1 fully saturated rings. The van der Waals surface area contributed by atoms with E-state index in [-0.39, 0.29) is 11.9 Å². The maximum atomic E-state index is 12.1. The van der Waals surface area contributed by atoms with Gasteiger partial charge >= 0.3 is 5.97 Å². The smallest absolute Gasteiger partial charge is 0.337 e. The first kappa shape index (κ1) is 22.5. The van der Waals surface area contributed by atoms with Gasteiger partial charge in [-0.2, -0.15) is 5.10 Å². The minimum Gasteiger partial charge on any atom is -0.488 e. The van der Waals surface area contributed by atoms with Crippen LogP contribution in [-0.4, -0.2) is 49.7 Å². The molecule has 1 heterocycles. The number of carbonyl (C=O) groups is 2. The first-order valence-corrected chi connectivity index (χ1v) is 10.6. The van der Waals surface area contributed by atoms with Crippen molar-refractivity contribution >= 4 is 18.1 Å². The van der Waals surface area contributed by atoms with Gasteiger partial charge in [0.25, 0.3) is 0 Å². The van der Waals surface area contributed by atoms with Crippen LogP contribution in [0.4, 0.5) is 0 Å². The van der Waals surface area contributed by atoms with Crippen LogP contribution in [0.2, 0.25) is 0 Å². The second-order valence-corrected chi connectivity index (χ2v) is 7.46. The maximum absolute atomic E-state index is 12.1. The molecule has 31 heavy (non-hydrogen) atoms. The van der Waals surface area contributed by atoms with Gasteiger partial charge < -0.3 is 14.4 Å². The Kier molecular flexibility index (Phi) is 8.60. The van der Waals surface area contributed by atoms with Gasteiger partial charge in [-0.3, -0.25) is 4.79 Å². The molecule has 7 heteroatoms. The van der Waals surface area contributed by atoms with E-state index >= 15 is 0 Å². The van der Waals surface area contributed by atoms with E-state index in [2.05, 4.69) is 15.4 Å². The molecule has 0 atom stereocenters. The highest BCUT2D eigenvalue weighted by Gasteiger charge is 2.11. The average molecular weight is 424 g/mol. The van der Waals surface area contributed by atoms with E-state index in [4.69, 9.17) is 9.47 Å². The summed E-state index contributed by atoms with van der Waals surface area (Å²) >= 11 is 0. The molecule has 1 aliphatic heterocycles. The Balaban J connectivity index is 1.49. The number of benzene rings is 2. The summed E-state index contributed by atoms with van der Waals surface area (Å²) in [4.78, 5) is 25.9. The number of nitrogens with one attached hydrogen (secondary N) is 1. The van der Waals surface area contributed by atoms with Crippen LogP contribution in [0.25, 0.3) is 0 Å². The van der Waals surface area contributed by atoms with E-state index in [1.54, 1.807) is 18.3 Å². The lowest BCUT2D eigenvalue weighted by atomic mass is 10.1. The van der Waals surface area contributed by atoms with Gasteiger partial charge in [0, 0.05) is 18.5 Å². The molecule has 0 aromatic heterocycles. The number of methoxy groups -OCH3 is 1. The number of para-hydroxylation sites is 1. The Labute approximate surface area is 183 Å². The van der Waals surface area contributed by atoms with E-state index < -0.39 is 0 Å². The van der Waals surface area contributed by atoms with Crippen molar-refractivity contribution in [2.75, 3.05) is 26.7 Å². The summed E-state index contributed by atoms with van der Waals surface area (Å²) in [5.41, 5.74) is 4.78. The van der Waals surface area contributed by atoms with Crippen LogP contribution in [0.1, 0.15) is 47.2 Å². The molecule has 1 N–H and O–H groups in total. The third kappa shape index (κ3) is 7.22. The SMILES string of the molecule is COC(=O)c1ccc(COc2ccccc2/C=N/NC(=O)CCN2CCCCC2)cc1. The fourth-order valence-electron chi connectivity index (χ4n) is 3.41. The number of likely N-dealkylation sites (tertiary alicyclic amines) is 1. The monoisotopic (exact) mass is 423 g/mol. The quantitative estimate of drug-likeness (QED) is 0.380. The number of ether oxygens (including phenoxy) is 2. The van der Waals surface area contributed by atoms with E-state index in [1.807, 2.05) is 36.4 Å². The van der Waals surface area contributed by atoms with Crippen molar-refractivity contribution in [3.63, 3.8) is 0 Å². The van der Waals surface area contributed by atoms with E-state index in [1.165, 1.54) is 26.4 Å². The lowest BCUT2D eigenvalue weighted by Crippen LogP contribution is -2.33. The maximum Gasteiger partial charge on any atom is 0.337 e. The number of carbonyl (C=O) groups excluding carboxylic acids is 2. The molecule has 7 nitrogen and oxygen atoms in total. The summed E-state index contributed by atoms with van der Waals surface area (Å²) in [6.45, 7) is 3.27. The number of nitrogens with zero attached hydrogens (tertiary/aromatic N) is 2. The van der Waals surface area contributed by atoms with Crippen LogP contribution in [-0.2, 0) is 16.1 Å². The van der Waals surface area contributed by atoms with Crippen molar-refractivity contribution in [3.05, 3.63) is 65.2 Å². The van der Waals surface area contributed by atoms with E-state index in [9.17, 15) is 9.59 Å². The molecule has 0 bridgehead atoms. The lowest BCUT2D eigenvalue weighted by Gasteiger charge is -2.25. The van der Waals surface area contributed by atoms with Crippen LogP contribution in [0.5, 0.6) is 5.75 Å². The molecule has 1 amide bonds. The molecule has 0 spiro atoms. The van der Waals surface area contributed by atoms with Gasteiger partial charge in [0.1, 0.15) is 12.4 Å². The number of hydrazone groups is 1. The molecule has 1 saturated heterocycles. The summed E-state index contributed by atoms with van der Waals surface area (Å²) in [6, 6.07) is 14.6. The first-order chi connectivity index (χ1) is 15.2. The number of rotatable bonds is 9. The zero-order chi connectivity index (χ0) is 21.9. The molecule has 164 valence electrons. The Morgan fingerprint density at radius 3 is 2.55 bits per heavy atom. The molecule has 0 radical (unpaired) electrons. The summed E-state index contributed by atoms with van der Waals surface area (Å²) in [6.07, 6.45) is 5.75. The number of amides is 1. The zero-order valence-corrected chi connectivity index (χ0v) is 17.9. The van der Waals surface area contributed by atoms with Crippen molar-refractivity contribution in [2.45, 2.75) is 32.3 Å². The summed E-state index contributed by atoms with van der Waals surface area (Å²) < 4.78 is 10.6. The van der Waals surface area contributed by atoms with Gasteiger partial charge in [0.2, 0.25) is 5.91 Å². The molecule has 2 aromatic carbocycles. The van der Waals surface area contributed by atoms with Crippen LogP contribution in [0.15, 0.2) is 53.6 Å². The standard InChI is InChI=1S/C24H29N3O4/c1-30-24(29)20-11-9-19(10-12-20)18-31-22-8-4-3-7-21(22)17-25-26-23(28)13-16-27-14-5-2-6-15-27/h3-4,7-12,17H,2,5-6,13-16,18H2,1H3,(H,26,28)/b25-17+. The second-order valence-electron chi connectivity index (χ2n) is 7.46. The average Bonchev–Trinajstić information content (AvgIpc) is 2.82. The fraction of sp³-hybridized carbons (Fsp3) is 0.375. The number of hydrogen-bond acceptors (Lipinski definition) is 6. The highest BCUT2D eigenvalue weighted by atomic mass is 16.5. The predicted molar refractivity (Wildman–Crippen MR) is 119 cm³/mol. The van der Waals surface area contributed by atoms with Gasteiger partial charge in [-0.05, 0) is 55.8 Å². The molecule has 0 saturated carbocycles. The molecule has 2 aromatic rings. The van der Waals surface area contributed by atoms with Crippen LogP contribution in [0.3, 0.4) is 0 Å². The number of esters is 1. The molecule has 3 rings (SSSR count). The van der Waals surface area contributed by atoms with Crippen molar-refractivity contribution in [1.82, 2.24) is 10.3 Å². The normalized spacial score (nSPS) is 14.4. The molecular weight excluding hydrogens is 394 g/mol. The molecule has 1 aliphatic rings. The molecule has 0 aliphatic carbocycles. The van der Waals surface area contributed by atoms with Gasteiger partial charge in [-0.25, -0.2) is 10.2 Å². The summed E-state index contributed by atoms with van der Waals surface area (Å²) in [5.74, 6) is 0.198. The Bertz CT molecular complexity index is 890. The Morgan fingerprint density at radius 2 is 1.81 bits per heavy atom. The van der Waals surface area contributed by atoms with Crippen LogP contribution in [0, 0.1) is 0 Å². The van der Waals surface area contributed by atoms with Crippen LogP contribution < -0.4 is 10.2 Å². The number of hydrogen-bond donors (Lipinski definition) is 1. The zero-order valence-electron chi connectivity index (χ0n) is 17.9. The lowest BCUT2D eigenvalue weighted by molar-refractivity contribution is -0.121. The fourth-order valence-corrected chi connectivity index (χ4v) is 3.41. The second kappa shape index (κ2) is 11.9. The Morgan fingerprint density at radius 1 is 1.06 bits per heavy atom.